The monoisotopic (exact) mass is 375 g/mol. The molecule has 1 aromatic carbocycles. The Hall–Kier alpha value is -3.49. The lowest BCUT2D eigenvalue weighted by Crippen LogP contribution is -2.17. The number of benzene rings is 1. The number of amides is 1. The molecule has 0 saturated carbocycles. The van der Waals surface area contributed by atoms with Crippen LogP contribution in [0.15, 0.2) is 45.5 Å². The number of fused-ring (bicyclic) bond motifs is 1. The largest absolute Gasteiger partial charge is 0.493 e. The van der Waals surface area contributed by atoms with Gasteiger partial charge in [-0.25, -0.2) is 14.4 Å². The van der Waals surface area contributed by atoms with E-state index in [1.165, 1.54) is 18.4 Å². The summed E-state index contributed by atoms with van der Waals surface area (Å²) in [5.41, 5.74) is 0.475. The van der Waals surface area contributed by atoms with Crippen molar-refractivity contribution in [3.8, 4) is 0 Å². The summed E-state index contributed by atoms with van der Waals surface area (Å²) < 4.78 is 25.3. The number of nitrogens with one attached hydrogen (secondary N) is 1. The van der Waals surface area contributed by atoms with Crippen molar-refractivity contribution in [3.05, 3.63) is 52.3 Å². The van der Waals surface area contributed by atoms with Gasteiger partial charge in [0.15, 0.2) is 0 Å². The molecule has 1 aliphatic heterocycles. The highest BCUT2D eigenvalue weighted by atomic mass is 16.6. The zero-order valence-electron chi connectivity index (χ0n) is 14.5. The van der Waals surface area contributed by atoms with Crippen molar-refractivity contribution in [2.75, 3.05) is 25.1 Å². The number of rotatable bonds is 5. The smallest absolute Gasteiger partial charge is 0.411 e. The number of esters is 1. The van der Waals surface area contributed by atoms with Crippen LogP contribution in [0.2, 0.25) is 0 Å². The molecule has 9 nitrogen and oxygen atoms in total. The van der Waals surface area contributed by atoms with E-state index in [1.807, 2.05) is 0 Å². The van der Waals surface area contributed by atoms with E-state index >= 15 is 0 Å². The summed E-state index contributed by atoms with van der Waals surface area (Å²) >= 11 is 0. The lowest BCUT2D eigenvalue weighted by molar-refractivity contribution is -0.145. The van der Waals surface area contributed by atoms with Crippen LogP contribution in [-0.4, -0.2) is 31.9 Å². The zero-order valence-corrected chi connectivity index (χ0v) is 14.5. The average Bonchev–Trinajstić information content (AvgIpc) is 2.66. The van der Waals surface area contributed by atoms with Crippen LogP contribution in [-0.2, 0) is 30.3 Å². The molecule has 1 N–H and O–H groups in total. The van der Waals surface area contributed by atoms with Crippen LogP contribution in [0.1, 0.15) is 12.5 Å². The topological polar surface area (TPSA) is 113 Å². The highest BCUT2D eigenvalue weighted by Gasteiger charge is 2.18. The minimum atomic E-state index is -0.698. The maximum absolute atomic E-state index is 12.0. The van der Waals surface area contributed by atoms with Gasteiger partial charge >= 0.3 is 17.7 Å². The number of hydrogen-bond donors (Lipinski definition) is 1. The summed E-state index contributed by atoms with van der Waals surface area (Å²) in [6.07, 6.45) is 0.573. The van der Waals surface area contributed by atoms with E-state index in [2.05, 4.69) is 5.32 Å². The van der Waals surface area contributed by atoms with E-state index in [0.29, 0.717) is 23.2 Å². The maximum Gasteiger partial charge on any atom is 0.411 e. The fourth-order valence-electron chi connectivity index (χ4n) is 2.40. The van der Waals surface area contributed by atoms with Crippen molar-refractivity contribution in [1.82, 2.24) is 0 Å². The summed E-state index contributed by atoms with van der Waals surface area (Å²) in [6, 6.07) is 5.98. The van der Waals surface area contributed by atoms with Crippen LogP contribution >= 0.6 is 0 Å². The Morgan fingerprint density at radius 2 is 2.04 bits per heavy atom. The molecule has 1 aromatic heterocycles. The van der Waals surface area contributed by atoms with Gasteiger partial charge in [-0.1, -0.05) is 0 Å². The molecular formula is C18H17NO8. The molecule has 1 amide bonds. The van der Waals surface area contributed by atoms with Gasteiger partial charge in [0.25, 0.3) is 0 Å². The first-order valence-corrected chi connectivity index (χ1v) is 8.19. The Bertz CT molecular complexity index is 946. The number of hydrogen-bond acceptors (Lipinski definition) is 8. The molecule has 0 atom stereocenters. The van der Waals surface area contributed by atoms with Crippen LogP contribution in [0, 0.1) is 0 Å². The summed E-state index contributed by atoms with van der Waals surface area (Å²) in [5, 5.41) is 3.08. The third-order valence-corrected chi connectivity index (χ3v) is 3.56. The van der Waals surface area contributed by atoms with Crippen molar-refractivity contribution in [2.24, 2.45) is 0 Å². The zero-order chi connectivity index (χ0) is 19.2. The third kappa shape index (κ3) is 4.57. The average molecular weight is 375 g/mol. The molecule has 3 rings (SSSR count). The summed E-state index contributed by atoms with van der Waals surface area (Å²) in [4.78, 5) is 35.3. The fraction of sp³-hybridized carbons (Fsp3) is 0.278. The maximum atomic E-state index is 12.0. The second kappa shape index (κ2) is 8.26. The molecule has 142 valence electrons. The Balaban J connectivity index is 1.79. The SMILES string of the molecule is CCOC(=O)Nc1ccc2c(COC(=O)C3=COCCO3)cc(=O)oc2c1. The molecular weight excluding hydrogens is 358 g/mol. The molecule has 0 aliphatic carbocycles. The molecule has 2 heterocycles. The number of carbonyl (C=O) groups is 2. The predicted octanol–water partition coefficient (Wildman–Crippen LogP) is 2.29. The molecule has 0 unspecified atom stereocenters. The van der Waals surface area contributed by atoms with Crippen LogP contribution in [0.5, 0.6) is 0 Å². The van der Waals surface area contributed by atoms with Crippen molar-refractivity contribution >= 4 is 28.7 Å². The van der Waals surface area contributed by atoms with Crippen LogP contribution in [0.4, 0.5) is 10.5 Å². The van der Waals surface area contributed by atoms with Gasteiger partial charge in [-0.2, -0.15) is 0 Å². The van der Waals surface area contributed by atoms with Crippen LogP contribution in [0.25, 0.3) is 11.0 Å². The first-order chi connectivity index (χ1) is 13.1. The van der Waals surface area contributed by atoms with Crippen molar-refractivity contribution in [1.29, 1.82) is 0 Å². The van der Waals surface area contributed by atoms with Crippen molar-refractivity contribution in [2.45, 2.75) is 13.5 Å². The van der Waals surface area contributed by atoms with Gasteiger partial charge in [0.1, 0.15) is 31.7 Å². The first kappa shape index (κ1) is 18.3. The number of anilines is 1. The first-order valence-electron chi connectivity index (χ1n) is 8.19. The summed E-state index contributed by atoms with van der Waals surface area (Å²) in [7, 11) is 0. The molecule has 9 heteroatoms. The quantitative estimate of drug-likeness (QED) is 0.626. The third-order valence-electron chi connectivity index (χ3n) is 3.56. The van der Waals surface area contributed by atoms with Gasteiger partial charge in [0.05, 0.1) is 6.61 Å². The van der Waals surface area contributed by atoms with E-state index < -0.39 is 17.7 Å². The van der Waals surface area contributed by atoms with Crippen molar-refractivity contribution in [3.63, 3.8) is 0 Å². The Morgan fingerprint density at radius 3 is 2.78 bits per heavy atom. The minimum Gasteiger partial charge on any atom is -0.493 e. The van der Waals surface area contributed by atoms with Crippen LogP contribution in [0.3, 0.4) is 0 Å². The lowest BCUT2D eigenvalue weighted by Gasteiger charge is -2.14. The number of ether oxygens (including phenoxy) is 4. The van der Waals surface area contributed by atoms with Gasteiger partial charge in [-0.15, -0.1) is 0 Å². The van der Waals surface area contributed by atoms with Gasteiger partial charge in [0, 0.05) is 28.8 Å². The predicted molar refractivity (Wildman–Crippen MR) is 92.9 cm³/mol. The summed E-state index contributed by atoms with van der Waals surface area (Å²) in [5.74, 6) is -0.730. The van der Waals surface area contributed by atoms with E-state index in [-0.39, 0.29) is 31.2 Å². The normalized spacial score (nSPS) is 13.1. The second-order valence-electron chi connectivity index (χ2n) is 5.42. The molecule has 0 fully saturated rings. The molecule has 0 radical (unpaired) electrons. The van der Waals surface area contributed by atoms with Crippen molar-refractivity contribution < 1.29 is 33.0 Å². The van der Waals surface area contributed by atoms with E-state index in [9.17, 15) is 14.4 Å². The Kier molecular flexibility index (Phi) is 5.60. The molecule has 0 spiro atoms. The van der Waals surface area contributed by atoms with Gasteiger partial charge in [-0.3, -0.25) is 5.32 Å². The number of carbonyl (C=O) groups excluding carboxylic acids is 2. The van der Waals surface area contributed by atoms with E-state index in [0.717, 1.165) is 0 Å². The van der Waals surface area contributed by atoms with Gasteiger partial charge < -0.3 is 23.4 Å². The second-order valence-corrected chi connectivity index (χ2v) is 5.42. The van der Waals surface area contributed by atoms with E-state index in [1.54, 1.807) is 19.1 Å². The highest BCUT2D eigenvalue weighted by Crippen LogP contribution is 2.22. The molecule has 1 aliphatic rings. The molecule has 27 heavy (non-hydrogen) atoms. The van der Waals surface area contributed by atoms with Gasteiger partial charge in [0.2, 0.25) is 5.76 Å². The fourth-order valence-corrected chi connectivity index (χ4v) is 2.40. The molecule has 0 saturated heterocycles. The minimum absolute atomic E-state index is 0.0329. The highest BCUT2D eigenvalue weighted by molar-refractivity contribution is 5.90. The Labute approximate surface area is 153 Å². The van der Waals surface area contributed by atoms with Crippen LogP contribution < -0.4 is 10.9 Å². The summed E-state index contributed by atoms with van der Waals surface area (Å²) in [6.45, 7) is 2.38. The molecule has 2 aromatic rings. The molecule has 0 bridgehead atoms. The Morgan fingerprint density at radius 1 is 1.19 bits per heavy atom. The van der Waals surface area contributed by atoms with Gasteiger partial charge in [-0.05, 0) is 19.1 Å². The van der Waals surface area contributed by atoms with E-state index in [4.69, 9.17) is 23.4 Å². The lowest BCUT2D eigenvalue weighted by atomic mass is 10.1. The standard InChI is InChI=1S/C18H17NO8/c1-2-24-18(22)19-12-3-4-13-11(7-16(20)27-14(13)8-12)9-26-17(21)15-10-23-5-6-25-15/h3-4,7-8,10H,2,5-6,9H2,1H3,(H,19,22).